The highest BCUT2D eigenvalue weighted by Crippen LogP contribution is 2.29. The molecule has 1 aromatic carbocycles. The maximum absolute atomic E-state index is 9.32. The fourth-order valence-corrected chi connectivity index (χ4v) is 3.32. The average Bonchev–Trinajstić information content (AvgIpc) is 3.10. The number of anilines is 1. The van der Waals surface area contributed by atoms with Crippen LogP contribution in [-0.4, -0.2) is 41.5 Å². The van der Waals surface area contributed by atoms with Crippen molar-refractivity contribution in [3.8, 4) is 17.0 Å². The van der Waals surface area contributed by atoms with E-state index in [1.165, 1.54) is 0 Å². The maximum Gasteiger partial charge on any atom is 0.151 e. The molecule has 0 unspecified atom stereocenters. The molecule has 108 valence electrons. The molecule has 2 N–H and O–H groups in total. The zero-order chi connectivity index (χ0) is 14.2. The summed E-state index contributed by atoms with van der Waals surface area (Å²) < 4.78 is 0. The third-order valence-corrected chi connectivity index (χ3v) is 4.53. The third kappa shape index (κ3) is 2.34. The topological polar surface area (TPSA) is 61.3 Å². The number of hydrogen-bond acceptors (Lipinski definition) is 5. The van der Waals surface area contributed by atoms with Crippen LogP contribution in [0.15, 0.2) is 36.4 Å². The number of phenolic OH excluding ortho intramolecular Hbond substituents is 1. The van der Waals surface area contributed by atoms with Crippen molar-refractivity contribution in [1.29, 1.82) is 0 Å². The molecule has 0 amide bonds. The van der Waals surface area contributed by atoms with Crippen molar-refractivity contribution in [2.75, 3.05) is 31.1 Å². The van der Waals surface area contributed by atoms with E-state index in [-0.39, 0.29) is 5.75 Å². The summed E-state index contributed by atoms with van der Waals surface area (Å²) >= 11 is 0. The molecule has 0 radical (unpaired) electrons. The van der Waals surface area contributed by atoms with Crippen LogP contribution in [0, 0.1) is 11.8 Å². The first-order valence-electron chi connectivity index (χ1n) is 7.38. The maximum atomic E-state index is 9.32. The van der Waals surface area contributed by atoms with E-state index in [2.05, 4.69) is 20.4 Å². The molecule has 2 atom stereocenters. The van der Waals surface area contributed by atoms with E-state index in [1.54, 1.807) is 12.1 Å². The Labute approximate surface area is 123 Å². The Balaban J connectivity index is 1.52. The molecule has 2 aliphatic rings. The third-order valence-electron chi connectivity index (χ3n) is 4.53. The van der Waals surface area contributed by atoms with Crippen LogP contribution in [-0.2, 0) is 0 Å². The first kappa shape index (κ1) is 12.6. The molecule has 2 fully saturated rings. The van der Waals surface area contributed by atoms with Gasteiger partial charge in [0, 0.05) is 31.7 Å². The summed E-state index contributed by atoms with van der Waals surface area (Å²) in [5.41, 5.74) is 1.80. The molecule has 1 aromatic heterocycles. The van der Waals surface area contributed by atoms with Crippen molar-refractivity contribution in [2.45, 2.75) is 0 Å². The van der Waals surface area contributed by atoms with Crippen LogP contribution in [0.2, 0.25) is 0 Å². The van der Waals surface area contributed by atoms with Crippen molar-refractivity contribution in [3.05, 3.63) is 36.4 Å². The normalized spacial score (nSPS) is 24.3. The summed E-state index contributed by atoms with van der Waals surface area (Å²) in [5, 5.41) is 21.5. The predicted octanol–water partition coefficient (Wildman–Crippen LogP) is 1.50. The van der Waals surface area contributed by atoms with Gasteiger partial charge in [0.1, 0.15) is 5.75 Å². The van der Waals surface area contributed by atoms with E-state index in [0.717, 1.165) is 55.1 Å². The predicted molar refractivity (Wildman–Crippen MR) is 81.2 cm³/mol. The van der Waals surface area contributed by atoms with Gasteiger partial charge in [-0.25, -0.2) is 0 Å². The molecule has 21 heavy (non-hydrogen) atoms. The van der Waals surface area contributed by atoms with Crippen LogP contribution < -0.4 is 10.2 Å². The summed E-state index contributed by atoms with van der Waals surface area (Å²) in [6, 6.07) is 11.1. The van der Waals surface area contributed by atoms with Crippen molar-refractivity contribution in [1.82, 2.24) is 15.5 Å². The molecule has 0 aliphatic carbocycles. The lowest BCUT2D eigenvalue weighted by atomic mass is 10.0. The van der Waals surface area contributed by atoms with Gasteiger partial charge in [0.15, 0.2) is 5.82 Å². The van der Waals surface area contributed by atoms with Crippen molar-refractivity contribution in [2.24, 2.45) is 11.8 Å². The van der Waals surface area contributed by atoms with Crippen molar-refractivity contribution in [3.63, 3.8) is 0 Å². The molecule has 0 bridgehead atoms. The van der Waals surface area contributed by atoms with Crippen LogP contribution >= 0.6 is 0 Å². The van der Waals surface area contributed by atoms with Crippen molar-refractivity contribution < 1.29 is 5.11 Å². The van der Waals surface area contributed by atoms with Gasteiger partial charge in [0.05, 0.1) is 5.69 Å². The standard InChI is InChI=1S/C16H18N4O/c21-14-3-1-11(2-4-14)15-5-6-16(19-18-15)20-9-12-7-17-8-13(12)10-20/h1-6,12-13,17,21H,7-10H2/t12-,13+. The first-order valence-corrected chi connectivity index (χ1v) is 7.38. The number of nitrogens with zero attached hydrogens (tertiary/aromatic N) is 3. The van der Waals surface area contributed by atoms with Gasteiger partial charge in [-0.15, -0.1) is 10.2 Å². The highest BCUT2D eigenvalue weighted by Gasteiger charge is 2.36. The molecular formula is C16H18N4O. The zero-order valence-corrected chi connectivity index (χ0v) is 11.7. The minimum Gasteiger partial charge on any atom is -0.508 e. The highest BCUT2D eigenvalue weighted by atomic mass is 16.3. The summed E-state index contributed by atoms with van der Waals surface area (Å²) in [7, 11) is 0. The van der Waals surface area contributed by atoms with Gasteiger partial charge in [0.25, 0.3) is 0 Å². The van der Waals surface area contributed by atoms with E-state index in [9.17, 15) is 5.11 Å². The van der Waals surface area contributed by atoms with E-state index < -0.39 is 0 Å². The first-order chi connectivity index (χ1) is 10.3. The number of benzene rings is 1. The summed E-state index contributed by atoms with van der Waals surface area (Å²) in [6.07, 6.45) is 0. The van der Waals surface area contributed by atoms with Gasteiger partial charge in [0.2, 0.25) is 0 Å². The highest BCUT2D eigenvalue weighted by molar-refractivity contribution is 5.60. The molecular weight excluding hydrogens is 264 g/mol. The van der Waals surface area contributed by atoms with Gasteiger partial charge in [-0.3, -0.25) is 0 Å². The van der Waals surface area contributed by atoms with E-state index >= 15 is 0 Å². The zero-order valence-electron chi connectivity index (χ0n) is 11.7. The SMILES string of the molecule is Oc1ccc(-c2ccc(N3C[C@H]4CNC[C@H]4C3)nn2)cc1. The monoisotopic (exact) mass is 282 g/mol. The summed E-state index contributed by atoms with van der Waals surface area (Å²) in [5.74, 6) is 2.74. The van der Waals surface area contributed by atoms with Gasteiger partial charge in [-0.05, 0) is 48.2 Å². The Morgan fingerprint density at radius 3 is 2.29 bits per heavy atom. The average molecular weight is 282 g/mol. The Hall–Kier alpha value is -2.14. The van der Waals surface area contributed by atoms with Crippen LogP contribution in [0.5, 0.6) is 5.75 Å². The largest absolute Gasteiger partial charge is 0.508 e. The van der Waals surface area contributed by atoms with Crippen LogP contribution in [0.3, 0.4) is 0 Å². The second-order valence-corrected chi connectivity index (χ2v) is 5.91. The Morgan fingerprint density at radius 2 is 1.67 bits per heavy atom. The Morgan fingerprint density at radius 1 is 0.952 bits per heavy atom. The quantitative estimate of drug-likeness (QED) is 0.874. The Kier molecular flexibility index (Phi) is 3.00. The van der Waals surface area contributed by atoms with Gasteiger partial charge < -0.3 is 15.3 Å². The molecule has 0 spiro atoms. The van der Waals surface area contributed by atoms with Gasteiger partial charge in [-0.1, -0.05) is 0 Å². The number of phenols is 1. The van der Waals surface area contributed by atoms with Gasteiger partial charge >= 0.3 is 0 Å². The number of rotatable bonds is 2. The molecule has 3 heterocycles. The lowest BCUT2D eigenvalue weighted by Crippen LogP contribution is -2.26. The molecule has 2 aromatic rings. The minimum atomic E-state index is 0.264. The lowest BCUT2D eigenvalue weighted by molar-refractivity contribution is 0.475. The number of hydrogen-bond donors (Lipinski definition) is 2. The van der Waals surface area contributed by atoms with Crippen LogP contribution in [0.4, 0.5) is 5.82 Å². The van der Waals surface area contributed by atoms with Crippen LogP contribution in [0.25, 0.3) is 11.3 Å². The number of aromatic nitrogens is 2. The fourth-order valence-electron chi connectivity index (χ4n) is 3.32. The van der Waals surface area contributed by atoms with E-state index in [4.69, 9.17) is 0 Å². The Bertz CT molecular complexity index is 614. The molecule has 5 nitrogen and oxygen atoms in total. The summed E-state index contributed by atoms with van der Waals surface area (Å²) in [6.45, 7) is 4.40. The molecule has 0 saturated carbocycles. The number of fused-ring (bicyclic) bond motifs is 1. The molecule has 5 heteroatoms. The fraction of sp³-hybridized carbons (Fsp3) is 0.375. The smallest absolute Gasteiger partial charge is 0.151 e. The number of nitrogens with one attached hydrogen (secondary N) is 1. The lowest BCUT2D eigenvalue weighted by Gasteiger charge is -2.17. The minimum absolute atomic E-state index is 0.264. The second-order valence-electron chi connectivity index (χ2n) is 5.91. The van der Waals surface area contributed by atoms with Gasteiger partial charge in [-0.2, -0.15) is 0 Å². The number of aromatic hydroxyl groups is 1. The van der Waals surface area contributed by atoms with Crippen LogP contribution in [0.1, 0.15) is 0 Å². The van der Waals surface area contributed by atoms with E-state index in [1.807, 2.05) is 24.3 Å². The van der Waals surface area contributed by atoms with E-state index in [0.29, 0.717) is 0 Å². The summed E-state index contributed by atoms with van der Waals surface area (Å²) in [4.78, 5) is 2.34. The molecule has 2 aliphatic heterocycles. The van der Waals surface area contributed by atoms with Crippen molar-refractivity contribution >= 4 is 5.82 Å². The molecule has 2 saturated heterocycles. The molecule has 4 rings (SSSR count). The second kappa shape index (κ2) is 5.00.